The van der Waals surface area contributed by atoms with Crippen molar-refractivity contribution in [1.29, 1.82) is 0 Å². The number of anilines is 1. The molecule has 1 aliphatic rings. The third-order valence-corrected chi connectivity index (χ3v) is 4.69. The summed E-state index contributed by atoms with van der Waals surface area (Å²) < 4.78 is 37.7. The largest absolute Gasteiger partial charge is 0.480 e. The summed E-state index contributed by atoms with van der Waals surface area (Å²) >= 11 is 0.509. The van der Waals surface area contributed by atoms with Crippen molar-refractivity contribution in [2.24, 2.45) is 0 Å². The number of hydrogen-bond donors (Lipinski definition) is 1. The highest BCUT2D eigenvalue weighted by atomic mass is 32.1. The molecule has 1 fully saturated rings. The Morgan fingerprint density at radius 1 is 1.33 bits per heavy atom. The second-order valence-corrected chi connectivity index (χ2v) is 6.37. The lowest BCUT2D eigenvalue weighted by molar-refractivity contribution is -0.141. The third-order valence-electron chi connectivity index (χ3n) is 3.66. The molecule has 2 rings (SSSR count). The van der Waals surface area contributed by atoms with Gasteiger partial charge in [-0.15, -0.1) is 10.2 Å². The highest BCUT2D eigenvalue weighted by Crippen LogP contribution is 2.34. The number of allylic oxidation sites excluding steroid dienone is 1. The predicted octanol–water partition coefficient (Wildman–Crippen LogP) is 2.49. The number of hydrogen-bond acceptors (Lipinski definition) is 6. The molecule has 1 atom stereocenters. The minimum Gasteiger partial charge on any atom is -0.480 e. The lowest BCUT2D eigenvalue weighted by atomic mass is 10.1. The second-order valence-electron chi connectivity index (χ2n) is 5.41. The number of aliphatic carboxylic acids is 1. The number of carboxylic acids is 1. The Labute approximate surface area is 141 Å². The van der Waals surface area contributed by atoms with Gasteiger partial charge in [0.15, 0.2) is 0 Å². The molecule has 1 N–H and O–H groups in total. The van der Waals surface area contributed by atoms with Gasteiger partial charge in [-0.3, -0.25) is 9.69 Å². The van der Waals surface area contributed by atoms with Crippen LogP contribution in [0.3, 0.4) is 0 Å². The number of aromatic nitrogens is 2. The van der Waals surface area contributed by atoms with Crippen LogP contribution in [0.1, 0.15) is 24.8 Å². The lowest BCUT2D eigenvalue weighted by Gasteiger charge is -2.36. The molecular formula is C14H19F3N4O2S. The van der Waals surface area contributed by atoms with Crippen LogP contribution in [0.4, 0.5) is 18.3 Å². The number of carbonyl (C=O) groups is 1. The standard InChI is InChI=1S/C14H19F3N4O2S/c1-2-3-4-5-10(11(22)23)20-6-8-21(9-7-20)13-19-18-12(24-13)14(15,16)17/h4-5,10H,2-3,6-9H2,1H3,(H,22,23). The fourth-order valence-electron chi connectivity index (χ4n) is 2.40. The van der Waals surface area contributed by atoms with Gasteiger partial charge in [-0.25, -0.2) is 0 Å². The van der Waals surface area contributed by atoms with Crippen molar-refractivity contribution in [3.8, 4) is 0 Å². The SMILES string of the molecule is CCCC=CC(C(=O)O)N1CCN(c2nnc(C(F)(F)F)s2)CC1. The predicted molar refractivity (Wildman–Crippen MR) is 84.2 cm³/mol. The van der Waals surface area contributed by atoms with Crippen molar-refractivity contribution >= 4 is 22.4 Å². The quantitative estimate of drug-likeness (QED) is 0.782. The van der Waals surface area contributed by atoms with Crippen molar-refractivity contribution in [3.05, 3.63) is 17.2 Å². The monoisotopic (exact) mass is 364 g/mol. The highest BCUT2D eigenvalue weighted by molar-refractivity contribution is 7.15. The topological polar surface area (TPSA) is 69.6 Å². The average Bonchev–Trinajstić information content (AvgIpc) is 3.02. The van der Waals surface area contributed by atoms with Gasteiger partial charge < -0.3 is 10.0 Å². The molecule has 1 aliphatic heterocycles. The maximum absolute atomic E-state index is 12.6. The van der Waals surface area contributed by atoms with Gasteiger partial charge in [0.1, 0.15) is 6.04 Å². The number of nitrogens with zero attached hydrogens (tertiary/aromatic N) is 4. The number of piperazine rings is 1. The van der Waals surface area contributed by atoms with Gasteiger partial charge in [0.05, 0.1) is 0 Å². The number of unbranched alkanes of at least 4 members (excludes halogenated alkanes) is 1. The van der Waals surface area contributed by atoms with Crippen LogP contribution in [0.25, 0.3) is 0 Å². The number of rotatable bonds is 6. The molecule has 0 radical (unpaired) electrons. The molecule has 2 heterocycles. The Morgan fingerprint density at radius 3 is 2.50 bits per heavy atom. The molecule has 1 unspecified atom stereocenters. The molecule has 0 saturated carbocycles. The fraction of sp³-hybridized carbons (Fsp3) is 0.643. The van der Waals surface area contributed by atoms with Crippen LogP contribution in [0, 0.1) is 0 Å². The van der Waals surface area contributed by atoms with E-state index < -0.39 is 23.2 Å². The first-order valence-corrected chi connectivity index (χ1v) is 8.43. The van der Waals surface area contributed by atoms with Crippen LogP contribution in [0.2, 0.25) is 0 Å². The van der Waals surface area contributed by atoms with Crippen molar-refractivity contribution in [3.63, 3.8) is 0 Å². The molecular weight excluding hydrogens is 345 g/mol. The van der Waals surface area contributed by atoms with Crippen LogP contribution in [-0.4, -0.2) is 58.4 Å². The van der Waals surface area contributed by atoms with Crippen molar-refractivity contribution in [2.75, 3.05) is 31.1 Å². The summed E-state index contributed by atoms with van der Waals surface area (Å²) in [6, 6.07) is -0.709. The summed E-state index contributed by atoms with van der Waals surface area (Å²) in [7, 11) is 0. The van der Waals surface area contributed by atoms with E-state index in [-0.39, 0.29) is 5.13 Å². The normalized spacial score (nSPS) is 18.2. The van der Waals surface area contributed by atoms with E-state index in [2.05, 4.69) is 10.2 Å². The number of carboxylic acid groups (broad SMARTS) is 1. The number of alkyl halides is 3. The van der Waals surface area contributed by atoms with Crippen molar-refractivity contribution < 1.29 is 23.1 Å². The first kappa shape index (κ1) is 18.7. The van der Waals surface area contributed by atoms with E-state index >= 15 is 0 Å². The Balaban J connectivity index is 1.97. The van der Waals surface area contributed by atoms with Gasteiger partial charge >= 0.3 is 12.1 Å². The van der Waals surface area contributed by atoms with Crippen LogP contribution in [0.5, 0.6) is 0 Å². The van der Waals surface area contributed by atoms with Gasteiger partial charge in [0.2, 0.25) is 10.1 Å². The van der Waals surface area contributed by atoms with E-state index in [0.717, 1.165) is 12.8 Å². The van der Waals surface area contributed by atoms with Crippen LogP contribution in [0.15, 0.2) is 12.2 Å². The van der Waals surface area contributed by atoms with Crippen molar-refractivity contribution in [1.82, 2.24) is 15.1 Å². The molecule has 24 heavy (non-hydrogen) atoms. The zero-order valence-electron chi connectivity index (χ0n) is 13.2. The minimum absolute atomic E-state index is 0.218. The van der Waals surface area contributed by atoms with E-state index in [1.165, 1.54) is 0 Å². The average molecular weight is 364 g/mol. The van der Waals surface area contributed by atoms with Crippen LogP contribution < -0.4 is 4.90 Å². The third kappa shape index (κ3) is 4.67. The molecule has 0 spiro atoms. The van der Waals surface area contributed by atoms with Gasteiger partial charge in [0, 0.05) is 26.2 Å². The lowest BCUT2D eigenvalue weighted by Crippen LogP contribution is -2.52. The zero-order chi connectivity index (χ0) is 17.7. The van der Waals surface area contributed by atoms with Crippen molar-refractivity contribution in [2.45, 2.75) is 32.0 Å². The van der Waals surface area contributed by atoms with E-state index in [4.69, 9.17) is 0 Å². The molecule has 0 bridgehead atoms. The van der Waals surface area contributed by atoms with Crippen LogP contribution in [-0.2, 0) is 11.0 Å². The maximum atomic E-state index is 12.6. The summed E-state index contributed by atoms with van der Waals surface area (Å²) in [5.74, 6) is -0.925. The molecule has 1 aromatic rings. The highest BCUT2D eigenvalue weighted by Gasteiger charge is 2.37. The summed E-state index contributed by atoms with van der Waals surface area (Å²) in [5.41, 5.74) is 0. The fourth-order valence-corrected chi connectivity index (χ4v) is 3.16. The smallest absolute Gasteiger partial charge is 0.445 e. The molecule has 1 saturated heterocycles. The van der Waals surface area contributed by atoms with E-state index in [1.54, 1.807) is 15.9 Å². The Morgan fingerprint density at radius 2 is 2.00 bits per heavy atom. The zero-order valence-corrected chi connectivity index (χ0v) is 14.0. The van der Waals surface area contributed by atoms with Gasteiger partial charge in [-0.2, -0.15) is 13.2 Å². The summed E-state index contributed by atoms with van der Waals surface area (Å²) in [6.45, 7) is 3.72. The Kier molecular flexibility index (Phi) is 6.16. The van der Waals surface area contributed by atoms with E-state index in [1.807, 2.05) is 13.0 Å². The molecule has 10 heteroatoms. The van der Waals surface area contributed by atoms with Gasteiger partial charge in [0.25, 0.3) is 0 Å². The Bertz CT molecular complexity index is 583. The first-order chi connectivity index (χ1) is 11.3. The minimum atomic E-state index is -4.49. The molecule has 0 amide bonds. The van der Waals surface area contributed by atoms with Crippen LogP contribution >= 0.6 is 11.3 Å². The second kappa shape index (κ2) is 7.93. The summed E-state index contributed by atoms with van der Waals surface area (Å²) in [6.07, 6.45) is 0.792. The number of halogens is 3. The van der Waals surface area contributed by atoms with Gasteiger partial charge in [-0.05, 0) is 6.42 Å². The molecule has 0 aliphatic carbocycles. The summed E-state index contributed by atoms with van der Waals surface area (Å²) in [4.78, 5) is 14.9. The Hall–Kier alpha value is -1.68. The first-order valence-electron chi connectivity index (χ1n) is 7.62. The van der Waals surface area contributed by atoms with E-state index in [0.29, 0.717) is 37.5 Å². The maximum Gasteiger partial charge on any atom is 0.445 e. The molecule has 0 aromatic carbocycles. The van der Waals surface area contributed by atoms with Gasteiger partial charge in [-0.1, -0.05) is 36.8 Å². The molecule has 6 nitrogen and oxygen atoms in total. The van der Waals surface area contributed by atoms with E-state index in [9.17, 15) is 23.1 Å². The molecule has 1 aromatic heterocycles. The summed E-state index contributed by atoms with van der Waals surface area (Å²) in [5, 5.41) is 15.4. The molecule has 134 valence electrons.